The van der Waals surface area contributed by atoms with Crippen molar-refractivity contribution in [2.75, 3.05) is 14.2 Å². The highest BCUT2D eigenvalue weighted by Crippen LogP contribution is 2.33. The van der Waals surface area contributed by atoms with Crippen LogP contribution in [0, 0.1) is 0 Å². The summed E-state index contributed by atoms with van der Waals surface area (Å²) in [6, 6.07) is 7.69. The molecule has 1 heterocycles. The third-order valence-corrected chi connectivity index (χ3v) is 3.38. The van der Waals surface area contributed by atoms with Crippen LogP contribution in [-0.2, 0) is 0 Å². The van der Waals surface area contributed by atoms with E-state index in [0.29, 0.717) is 15.9 Å². The fraction of sp³-hybridized carbons (Fsp3) is 0.167. The molecule has 0 amide bonds. The summed E-state index contributed by atoms with van der Waals surface area (Å²) in [5.74, 6) is 1.43. The van der Waals surface area contributed by atoms with Gasteiger partial charge >= 0.3 is 0 Å². The third-order valence-electron chi connectivity index (χ3n) is 2.19. The average molecular weight is 279 g/mol. The summed E-state index contributed by atoms with van der Waals surface area (Å²) in [4.78, 5) is 9.15. The summed E-state index contributed by atoms with van der Waals surface area (Å²) in [6.07, 6.45) is 1.58. The van der Waals surface area contributed by atoms with Crippen LogP contribution in [0.15, 0.2) is 45.5 Å². The lowest BCUT2D eigenvalue weighted by Crippen LogP contribution is -1.92. The third kappa shape index (κ3) is 3.02. The van der Waals surface area contributed by atoms with E-state index >= 15 is 0 Å². The fourth-order valence-corrected chi connectivity index (χ4v) is 2.37. The van der Waals surface area contributed by atoms with Crippen molar-refractivity contribution in [3.8, 4) is 11.5 Å². The highest BCUT2D eigenvalue weighted by atomic mass is 32.2. The largest absolute Gasteiger partial charge is 0.497 e. The predicted molar refractivity (Wildman–Crippen MR) is 71.6 cm³/mol. The van der Waals surface area contributed by atoms with Gasteiger partial charge in [0.2, 0.25) is 5.16 Å². The molecule has 2 rings (SSSR count). The summed E-state index contributed by atoms with van der Waals surface area (Å²) in [5.41, 5.74) is 0. The van der Waals surface area contributed by atoms with Crippen LogP contribution in [0.1, 0.15) is 0 Å². The van der Waals surface area contributed by atoms with Gasteiger partial charge in [0.25, 0.3) is 0 Å². The van der Waals surface area contributed by atoms with Crippen molar-refractivity contribution < 1.29 is 9.47 Å². The van der Waals surface area contributed by atoms with E-state index in [1.54, 1.807) is 20.4 Å². The number of ether oxygens (including phenoxy) is 2. The van der Waals surface area contributed by atoms with Crippen LogP contribution in [0.2, 0.25) is 0 Å². The van der Waals surface area contributed by atoms with Gasteiger partial charge < -0.3 is 9.47 Å². The van der Waals surface area contributed by atoms with Gasteiger partial charge in [0.05, 0.1) is 20.4 Å². The van der Waals surface area contributed by atoms with Crippen LogP contribution in [-0.4, -0.2) is 24.2 Å². The molecule has 0 saturated heterocycles. The van der Waals surface area contributed by atoms with Crippen molar-refractivity contribution in [2.24, 2.45) is 0 Å². The van der Waals surface area contributed by atoms with E-state index in [9.17, 15) is 0 Å². The topological polar surface area (TPSA) is 44.2 Å². The summed E-state index contributed by atoms with van der Waals surface area (Å²) >= 11 is 6.43. The Morgan fingerprint density at radius 1 is 1.11 bits per heavy atom. The zero-order valence-corrected chi connectivity index (χ0v) is 11.5. The van der Waals surface area contributed by atoms with Crippen molar-refractivity contribution in [1.29, 1.82) is 0 Å². The van der Waals surface area contributed by atoms with Gasteiger partial charge in [-0.3, -0.25) is 0 Å². The monoisotopic (exact) mass is 279 g/mol. The molecule has 1 aromatic carbocycles. The molecule has 0 bridgehead atoms. The molecule has 1 aromatic heterocycles. The first-order valence-electron chi connectivity index (χ1n) is 5.13. The standard InChI is InChI=1S/C12H11N2O2S2/c1-15-8-3-5-9(6-4-8)18-11-10(16-2)7-13-12(17)14-11/h3-7H,1-2H3. The molecular formula is C12H11N2O2S2. The van der Waals surface area contributed by atoms with E-state index < -0.39 is 0 Å². The molecular weight excluding hydrogens is 268 g/mol. The van der Waals surface area contributed by atoms with Gasteiger partial charge in [0.15, 0.2) is 5.75 Å². The molecule has 0 saturated carbocycles. The lowest BCUT2D eigenvalue weighted by molar-refractivity contribution is 0.395. The quantitative estimate of drug-likeness (QED) is 0.635. The van der Waals surface area contributed by atoms with E-state index in [1.165, 1.54) is 11.8 Å². The number of nitrogens with zero attached hydrogens (tertiary/aromatic N) is 2. The Balaban J connectivity index is 2.24. The first kappa shape index (κ1) is 12.9. The zero-order chi connectivity index (χ0) is 13.0. The van der Waals surface area contributed by atoms with Crippen LogP contribution >= 0.6 is 24.4 Å². The van der Waals surface area contributed by atoms with Crippen molar-refractivity contribution in [1.82, 2.24) is 9.97 Å². The molecule has 0 aliphatic carbocycles. The van der Waals surface area contributed by atoms with Crippen molar-refractivity contribution >= 4 is 24.4 Å². The van der Waals surface area contributed by atoms with E-state index in [0.717, 1.165) is 10.6 Å². The molecule has 93 valence electrons. The van der Waals surface area contributed by atoms with Crippen molar-refractivity contribution in [3.05, 3.63) is 30.5 Å². The molecule has 6 heteroatoms. The number of hydrogen-bond donors (Lipinski definition) is 0. The Morgan fingerprint density at radius 2 is 1.83 bits per heavy atom. The smallest absolute Gasteiger partial charge is 0.220 e. The van der Waals surface area contributed by atoms with E-state index in [-0.39, 0.29) is 0 Å². The van der Waals surface area contributed by atoms with Crippen LogP contribution in [0.5, 0.6) is 11.5 Å². The lowest BCUT2D eigenvalue weighted by Gasteiger charge is -2.07. The second-order valence-corrected chi connectivity index (χ2v) is 4.73. The number of aromatic nitrogens is 2. The Morgan fingerprint density at radius 3 is 2.44 bits per heavy atom. The van der Waals surface area contributed by atoms with Gasteiger partial charge in [-0.2, -0.15) is 0 Å². The van der Waals surface area contributed by atoms with Crippen molar-refractivity contribution in [2.45, 2.75) is 15.1 Å². The van der Waals surface area contributed by atoms with Crippen LogP contribution < -0.4 is 9.47 Å². The maximum absolute atomic E-state index is 5.20. The Hall–Kier alpha value is -1.53. The molecule has 0 fully saturated rings. The van der Waals surface area contributed by atoms with E-state index in [4.69, 9.17) is 22.1 Å². The van der Waals surface area contributed by atoms with Gasteiger partial charge in [-0.05, 0) is 36.9 Å². The second-order valence-electron chi connectivity index (χ2n) is 3.30. The molecule has 2 aromatic rings. The fourth-order valence-electron chi connectivity index (χ4n) is 1.31. The van der Waals surface area contributed by atoms with E-state index in [2.05, 4.69) is 9.97 Å². The summed E-state index contributed by atoms with van der Waals surface area (Å²) in [5, 5.41) is 1.02. The molecule has 0 atom stereocenters. The zero-order valence-electron chi connectivity index (χ0n) is 9.91. The number of benzene rings is 1. The maximum atomic E-state index is 5.20. The molecule has 1 radical (unpaired) electrons. The minimum Gasteiger partial charge on any atom is -0.497 e. The van der Waals surface area contributed by atoms with Gasteiger partial charge in [-0.1, -0.05) is 11.8 Å². The molecule has 0 N–H and O–H groups in total. The first-order valence-corrected chi connectivity index (χ1v) is 6.35. The van der Waals surface area contributed by atoms with Crippen LogP contribution in [0.25, 0.3) is 0 Å². The van der Waals surface area contributed by atoms with Crippen LogP contribution in [0.4, 0.5) is 0 Å². The van der Waals surface area contributed by atoms with Gasteiger partial charge in [0.1, 0.15) is 10.8 Å². The molecule has 0 aliphatic heterocycles. The molecule has 0 unspecified atom stereocenters. The SMILES string of the molecule is COc1ccc(Sc2nc([S])ncc2OC)cc1. The van der Waals surface area contributed by atoms with Gasteiger partial charge in [0, 0.05) is 4.90 Å². The summed E-state index contributed by atoms with van der Waals surface area (Å²) in [6.45, 7) is 0. The Labute approximate surface area is 115 Å². The first-order chi connectivity index (χ1) is 8.72. The number of rotatable bonds is 4. The Kier molecular flexibility index (Phi) is 4.22. The van der Waals surface area contributed by atoms with Crippen LogP contribution in [0.3, 0.4) is 0 Å². The highest BCUT2D eigenvalue weighted by Gasteiger charge is 2.08. The summed E-state index contributed by atoms with van der Waals surface area (Å²) < 4.78 is 10.3. The number of methoxy groups -OCH3 is 2. The lowest BCUT2D eigenvalue weighted by atomic mass is 10.3. The molecule has 0 aliphatic rings. The number of hydrogen-bond acceptors (Lipinski definition) is 5. The minimum absolute atomic E-state index is 0.312. The molecule has 0 spiro atoms. The normalized spacial score (nSPS) is 10.1. The predicted octanol–water partition coefficient (Wildman–Crippen LogP) is 3.20. The minimum atomic E-state index is 0.312. The summed E-state index contributed by atoms with van der Waals surface area (Å²) in [7, 11) is 3.22. The Bertz CT molecular complexity index is 532. The maximum Gasteiger partial charge on any atom is 0.220 e. The average Bonchev–Trinajstić information content (AvgIpc) is 2.40. The molecule has 4 nitrogen and oxygen atoms in total. The van der Waals surface area contributed by atoms with Gasteiger partial charge in [-0.25, -0.2) is 9.97 Å². The second kappa shape index (κ2) is 5.88. The van der Waals surface area contributed by atoms with Gasteiger partial charge in [-0.15, -0.1) is 0 Å². The molecule has 18 heavy (non-hydrogen) atoms. The van der Waals surface area contributed by atoms with E-state index in [1.807, 2.05) is 24.3 Å². The van der Waals surface area contributed by atoms with Crippen molar-refractivity contribution in [3.63, 3.8) is 0 Å². The highest BCUT2D eigenvalue weighted by molar-refractivity contribution is 7.99.